The highest BCUT2D eigenvalue weighted by Crippen LogP contribution is 2.18. The molecule has 1 heterocycles. The van der Waals surface area contributed by atoms with Crippen LogP contribution in [-0.2, 0) is 4.79 Å². The smallest absolute Gasteiger partial charge is 0.225 e. The summed E-state index contributed by atoms with van der Waals surface area (Å²) in [6.07, 6.45) is 4.46. The SMILES string of the molecule is C=CCCC(=O)Nc1ncccc1Br. The Balaban J connectivity index is 2.56. The van der Waals surface area contributed by atoms with Crippen LogP contribution in [0.1, 0.15) is 12.8 Å². The summed E-state index contributed by atoms with van der Waals surface area (Å²) >= 11 is 3.30. The number of hydrogen-bond donors (Lipinski definition) is 1. The van der Waals surface area contributed by atoms with Crippen molar-refractivity contribution in [3.63, 3.8) is 0 Å². The summed E-state index contributed by atoms with van der Waals surface area (Å²) in [5.74, 6) is 0.505. The van der Waals surface area contributed by atoms with Gasteiger partial charge in [-0.2, -0.15) is 0 Å². The number of carbonyl (C=O) groups excluding carboxylic acids is 1. The minimum absolute atomic E-state index is 0.0516. The summed E-state index contributed by atoms with van der Waals surface area (Å²) in [6.45, 7) is 3.55. The predicted molar refractivity (Wildman–Crippen MR) is 60.0 cm³/mol. The molecule has 0 bridgehead atoms. The van der Waals surface area contributed by atoms with E-state index >= 15 is 0 Å². The zero-order chi connectivity index (χ0) is 10.4. The molecule has 0 aliphatic carbocycles. The highest BCUT2D eigenvalue weighted by molar-refractivity contribution is 9.10. The Hall–Kier alpha value is -1.16. The van der Waals surface area contributed by atoms with Crippen LogP contribution in [-0.4, -0.2) is 10.9 Å². The molecule has 1 N–H and O–H groups in total. The average Bonchev–Trinajstić information content (AvgIpc) is 2.18. The number of hydrogen-bond acceptors (Lipinski definition) is 2. The molecule has 3 nitrogen and oxygen atoms in total. The largest absolute Gasteiger partial charge is 0.310 e. The molecule has 1 aromatic rings. The Morgan fingerprint density at radius 1 is 1.71 bits per heavy atom. The third-order valence-corrected chi connectivity index (χ3v) is 2.23. The number of rotatable bonds is 4. The topological polar surface area (TPSA) is 42.0 Å². The van der Waals surface area contributed by atoms with Gasteiger partial charge in [-0.25, -0.2) is 4.98 Å². The van der Waals surface area contributed by atoms with Gasteiger partial charge >= 0.3 is 0 Å². The van der Waals surface area contributed by atoms with E-state index in [0.29, 0.717) is 18.7 Å². The second-order valence-corrected chi connectivity index (χ2v) is 3.56. The lowest BCUT2D eigenvalue weighted by atomic mass is 10.3. The van der Waals surface area contributed by atoms with Crippen LogP contribution in [0.3, 0.4) is 0 Å². The van der Waals surface area contributed by atoms with Crippen LogP contribution in [0.25, 0.3) is 0 Å². The molecule has 0 unspecified atom stereocenters. The molecule has 0 aliphatic heterocycles. The van der Waals surface area contributed by atoms with Crippen molar-refractivity contribution in [3.8, 4) is 0 Å². The van der Waals surface area contributed by atoms with Gasteiger partial charge in [-0.1, -0.05) is 6.08 Å². The van der Waals surface area contributed by atoms with Gasteiger partial charge in [0, 0.05) is 12.6 Å². The second kappa shape index (κ2) is 5.54. The summed E-state index contributed by atoms with van der Waals surface area (Å²) < 4.78 is 0.784. The molecule has 4 heteroatoms. The molecule has 0 saturated heterocycles. The Labute approximate surface area is 91.4 Å². The van der Waals surface area contributed by atoms with Gasteiger partial charge in [-0.05, 0) is 34.5 Å². The number of halogens is 1. The Morgan fingerprint density at radius 2 is 2.50 bits per heavy atom. The number of allylic oxidation sites excluding steroid dienone is 1. The number of anilines is 1. The number of aromatic nitrogens is 1. The lowest BCUT2D eigenvalue weighted by Gasteiger charge is -2.04. The van der Waals surface area contributed by atoms with E-state index in [1.165, 1.54) is 0 Å². The van der Waals surface area contributed by atoms with Gasteiger partial charge in [0.15, 0.2) is 0 Å². The molecule has 14 heavy (non-hydrogen) atoms. The minimum atomic E-state index is -0.0516. The van der Waals surface area contributed by atoms with E-state index in [9.17, 15) is 4.79 Å². The van der Waals surface area contributed by atoms with Crippen LogP contribution in [0.15, 0.2) is 35.5 Å². The molecule has 1 rings (SSSR count). The fourth-order valence-electron chi connectivity index (χ4n) is 0.905. The van der Waals surface area contributed by atoms with E-state index in [2.05, 4.69) is 32.8 Å². The molecule has 0 aliphatic rings. The minimum Gasteiger partial charge on any atom is -0.310 e. The molecular formula is C10H11BrN2O. The van der Waals surface area contributed by atoms with Crippen molar-refractivity contribution in [3.05, 3.63) is 35.5 Å². The number of amides is 1. The normalized spacial score (nSPS) is 9.50. The van der Waals surface area contributed by atoms with Crippen molar-refractivity contribution in [1.82, 2.24) is 4.98 Å². The zero-order valence-corrected chi connectivity index (χ0v) is 9.25. The molecule has 0 spiro atoms. The van der Waals surface area contributed by atoms with Gasteiger partial charge in [-0.3, -0.25) is 4.79 Å². The summed E-state index contributed by atoms with van der Waals surface area (Å²) in [5.41, 5.74) is 0. The van der Waals surface area contributed by atoms with Gasteiger partial charge in [0.05, 0.1) is 4.47 Å². The quantitative estimate of drug-likeness (QED) is 0.840. The molecule has 0 saturated carbocycles. The maximum Gasteiger partial charge on any atom is 0.225 e. The van der Waals surface area contributed by atoms with Crippen LogP contribution in [0.5, 0.6) is 0 Å². The fourth-order valence-corrected chi connectivity index (χ4v) is 1.26. The van der Waals surface area contributed by atoms with Crippen LogP contribution in [0.2, 0.25) is 0 Å². The van der Waals surface area contributed by atoms with Crippen molar-refractivity contribution < 1.29 is 4.79 Å². The van der Waals surface area contributed by atoms with E-state index in [0.717, 1.165) is 4.47 Å². The molecule has 1 aromatic heterocycles. The first-order chi connectivity index (χ1) is 6.74. The van der Waals surface area contributed by atoms with Crippen molar-refractivity contribution in [1.29, 1.82) is 0 Å². The Kier molecular flexibility index (Phi) is 4.32. The molecular weight excluding hydrogens is 244 g/mol. The highest BCUT2D eigenvalue weighted by atomic mass is 79.9. The lowest BCUT2D eigenvalue weighted by molar-refractivity contribution is -0.116. The monoisotopic (exact) mass is 254 g/mol. The molecule has 0 atom stereocenters. The lowest BCUT2D eigenvalue weighted by Crippen LogP contribution is -2.12. The van der Waals surface area contributed by atoms with Crippen molar-refractivity contribution in [2.45, 2.75) is 12.8 Å². The maximum atomic E-state index is 11.3. The summed E-state index contributed by atoms with van der Waals surface area (Å²) in [6, 6.07) is 3.62. The summed E-state index contributed by atoms with van der Waals surface area (Å²) in [5, 5.41) is 2.70. The third-order valence-electron chi connectivity index (χ3n) is 1.59. The van der Waals surface area contributed by atoms with Crippen molar-refractivity contribution in [2.24, 2.45) is 0 Å². The molecule has 1 amide bonds. The Morgan fingerprint density at radius 3 is 3.14 bits per heavy atom. The summed E-state index contributed by atoms with van der Waals surface area (Å²) in [7, 11) is 0. The molecule has 74 valence electrons. The van der Waals surface area contributed by atoms with E-state index in [1.54, 1.807) is 18.3 Å². The van der Waals surface area contributed by atoms with E-state index in [4.69, 9.17) is 0 Å². The number of nitrogens with zero attached hydrogens (tertiary/aromatic N) is 1. The number of carbonyl (C=O) groups is 1. The van der Waals surface area contributed by atoms with Crippen molar-refractivity contribution >= 4 is 27.7 Å². The fraction of sp³-hybridized carbons (Fsp3) is 0.200. The molecule has 0 fully saturated rings. The van der Waals surface area contributed by atoms with Gasteiger partial charge in [0.25, 0.3) is 0 Å². The van der Waals surface area contributed by atoms with Crippen molar-refractivity contribution in [2.75, 3.05) is 5.32 Å². The van der Waals surface area contributed by atoms with Crippen LogP contribution in [0, 0.1) is 0 Å². The van der Waals surface area contributed by atoms with E-state index < -0.39 is 0 Å². The molecule has 0 radical (unpaired) electrons. The zero-order valence-electron chi connectivity index (χ0n) is 7.66. The third kappa shape index (κ3) is 3.30. The van der Waals surface area contributed by atoms with E-state index in [-0.39, 0.29) is 5.91 Å². The van der Waals surface area contributed by atoms with Crippen LogP contribution < -0.4 is 5.32 Å². The number of pyridine rings is 1. The van der Waals surface area contributed by atoms with Gasteiger partial charge in [0.1, 0.15) is 5.82 Å². The van der Waals surface area contributed by atoms with Gasteiger partial charge < -0.3 is 5.32 Å². The van der Waals surface area contributed by atoms with Crippen LogP contribution >= 0.6 is 15.9 Å². The number of nitrogens with one attached hydrogen (secondary N) is 1. The second-order valence-electron chi connectivity index (χ2n) is 2.71. The van der Waals surface area contributed by atoms with Gasteiger partial charge in [0.2, 0.25) is 5.91 Å². The first kappa shape index (κ1) is 10.9. The predicted octanol–water partition coefficient (Wildman–Crippen LogP) is 2.75. The summed E-state index contributed by atoms with van der Waals surface area (Å²) in [4.78, 5) is 15.3. The average molecular weight is 255 g/mol. The Bertz CT molecular complexity index is 339. The van der Waals surface area contributed by atoms with Gasteiger partial charge in [-0.15, -0.1) is 6.58 Å². The van der Waals surface area contributed by atoms with E-state index in [1.807, 2.05) is 6.07 Å². The highest BCUT2D eigenvalue weighted by Gasteiger charge is 2.04. The first-order valence-corrected chi connectivity index (χ1v) is 5.04. The standard InChI is InChI=1S/C10H11BrN2O/c1-2-3-6-9(14)13-10-8(11)5-4-7-12-10/h2,4-5,7H,1,3,6H2,(H,12,13,14). The molecule has 0 aromatic carbocycles. The first-order valence-electron chi connectivity index (χ1n) is 4.25. The maximum absolute atomic E-state index is 11.3. The van der Waals surface area contributed by atoms with Crippen LogP contribution in [0.4, 0.5) is 5.82 Å².